The lowest BCUT2D eigenvalue weighted by atomic mass is 9.95. The zero-order valence-electron chi connectivity index (χ0n) is 14.3. The standard InChI is InChI=1S/C20H20N4O/c1-12-15-11-24(2)10-7-13(15)18(20(25)22-9-8-21)19-17(12)14-5-3-4-6-16(14)23-19/h3-7,10-11H,8-9,21H2,1-2H3,(H,22,25). The van der Waals surface area contributed by atoms with E-state index in [9.17, 15) is 4.79 Å². The first-order valence-electron chi connectivity index (χ1n) is 8.36. The number of fused-ring (bicyclic) bond motifs is 4. The molecular weight excluding hydrogens is 312 g/mol. The van der Waals surface area contributed by atoms with E-state index in [-0.39, 0.29) is 5.91 Å². The van der Waals surface area contributed by atoms with Gasteiger partial charge in [-0.15, -0.1) is 0 Å². The Kier molecular flexibility index (Phi) is 3.66. The van der Waals surface area contributed by atoms with Gasteiger partial charge in [-0.25, -0.2) is 4.98 Å². The van der Waals surface area contributed by atoms with E-state index >= 15 is 0 Å². The predicted molar refractivity (Wildman–Crippen MR) is 102 cm³/mol. The Morgan fingerprint density at radius 3 is 2.80 bits per heavy atom. The molecule has 2 aromatic heterocycles. The van der Waals surface area contributed by atoms with Crippen LogP contribution in [0.2, 0.25) is 0 Å². The lowest BCUT2D eigenvalue weighted by Gasteiger charge is -2.13. The second-order valence-corrected chi connectivity index (χ2v) is 6.33. The highest BCUT2D eigenvalue weighted by Crippen LogP contribution is 2.36. The van der Waals surface area contributed by atoms with Crippen LogP contribution in [0.1, 0.15) is 15.9 Å². The van der Waals surface area contributed by atoms with Gasteiger partial charge in [-0.05, 0) is 30.0 Å². The molecule has 0 unspecified atom stereocenters. The molecule has 0 bridgehead atoms. The number of carbonyl (C=O) groups is 1. The minimum absolute atomic E-state index is 0.128. The zero-order valence-corrected chi connectivity index (χ0v) is 14.3. The van der Waals surface area contributed by atoms with Crippen LogP contribution in [0, 0.1) is 6.92 Å². The van der Waals surface area contributed by atoms with E-state index < -0.39 is 0 Å². The second kappa shape index (κ2) is 5.86. The number of nitrogens with two attached hydrogens (primary N) is 1. The molecule has 5 heteroatoms. The highest BCUT2D eigenvalue weighted by atomic mass is 16.1. The molecule has 5 nitrogen and oxygen atoms in total. The van der Waals surface area contributed by atoms with E-state index in [0.29, 0.717) is 18.7 Å². The topological polar surface area (TPSA) is 72.9 Å². The molecule has 3 N–H and O–H groups in total. The number of aryl methyl sites for hydroxylation is 2. The Morgan fingerprint density at radius 2 is 2.00 bits per heavy atom. The molecule has 126 valence electrons. The summed E-state index contributed by atoms with van der Waals surface area (Å²) in [6, 6.07) is 10.0. The maximum Gasteiger partial charge on any atom is 0.254 e. The maximum atomic E-state index is 12.9. The molecular formula is C20H20N4O. The van der Waals surface area contributed by atoms with Gasteiger partial charge in [0, 0.05) is 48.7 Å². The summed E-state index contributed by atoms with van der Waals surface area (Å²) in [7, 11) is 1.98. The first kappa shape index (κ1) is 15.6. The van der Waals surface area contributed by atoms with Crippen LogP contribution in [0.15, 0.2) is 42.7 Å². The fourth-order valence-corrected chi connectivity index (χ4v) is 3.53. The minimum Gasteiger partial charge on any atom is -0.357 e. The summed E-state index contributed by atoms with van der Waals surface area (Å²) in [6.45, 7) is 2.95. The average molecular weight is 332 g/mol. The van der Waals surface area contributed by atoms with E-state index in [1.165, 1.54) is 0 Å². The summed E-state index contributed by atoms with van der Waals surface area (Å²) >= 11 is 0. The van der Waals surface area contributed by atoms with Crippen LogP contribution in [-0.2, 0) is 7.05 Å². The van der Waals surface area contributed by atoms with Gasteiger partial charge in [-0.2, -0.15) is 0 Å². The van der Waals surface area contributed by atoms with E-state index in [4.69, 9.17) is 10.7 Å². The van der Waals surface area contributed by atoms with Crippen molar-refractivity contribution in [3.8, 4) is 0 Å². The minimum atomic E-state index is -0.128. The summed E-state index contributed by atoms with van der Waals surface area (Å²) in [5.41, 5.74) is 8.99. The maximum absolute atomic E-state index is 12.9. The first-order valence-corrected chi connectivity index (χ1v) is 8.36. The monoisotopic (exact) mass is 332 g/mol. The Morgan fingerprint density at radius 1 is 1.20 bits per heavy atom. The van der Waals surface area contributed by atoms with Crippen molar-refractivity contribution in [3.05, 3.63) is 53.9 Å². The number of para-hydroxylation sites is 1. The van der Waals surface area contributed by atoms with Crippen molar-refractivity contribution in [1.82, 2.24) is 14.9 Å². The van der Waals surface area contributed by atoms with Gasteiger partial charge >= 0.3 is 0 Å². The molecule has 0 atom stereocenters. The molecule has 0 saturated heterocycles. The third kappa shape index (κ3) is 2.36. The molecule has 25 heavy (non-hydrogen) atoms. The van der Waals surface area contributed by atoms with Gasteiger partial charge in [-0.3, -0.25) is 4.79 Å². The number of hydrogen-bond donors (Lipinski definition) is 2. The smallest absolute Gasteiger partial charge is 0.254 e. The summed E-state index contributed by atoms with van der Waals surface area (Å²) < 4.78 is 2.00. The highest BCUT2D eigenvalue weighted by molar-refractivity contribution is 6.24. The first-order chi connectivity index (χ1) is 12.1. The van der Waals surface area contributed by atoms with Crippen LogP contribution in [0.25, 0.3) is 32.6 Å². The molecule has 4 aromatic rings. The molecule has 0 radical (unpaired) electrons. The number of hydrogen-bond acceptors (Lipinski definition) is 3. The lowest BCUT2D eigenvalue weighted by Crippen LogP contribution is -2.29. The molecule has 4 rings (SSSR count). The number of benzene rings is 2. The number of carbonyl (C=O) groups excluding carboxylic acids is 1. The molecule has 0 aliphatic carbocycles. The number of amides is 1. The van der Waals surface area contributed by atoms with Crippen molar-refractivity contribution in [2.24, 2.45) is 12.8 Å². The van der Waals surface area contributed by atoms with Gasteiger partial charge in [0.1, 0.15) is 0 Å². The third-order valence-electron chi connectivity index (χ3n) is 4.68. The molecule has 1 amide bonds. The van der Waals surface area contributed by atoms with Gasteiger partial charge in [-0.1, -0.05) is 18.2 Å². The fourth-order valence-electron chi connectivity index (χ4n) is 3.53. The quantitative estimate of drug-likeness (QED) is 0.606. The van der Waals surface area contributed by atoms with Crippen molar-refractivity contribution in [1.29, 1.82) is 0 Å². The van der Waals surface area contributed by atoms with Crippen LogP contribution in [-0.4, -0.2) is 28.5 Å². The third-order valence-corrected chi connectivity index (χ3v) is 4.68. The largest absolute Gasteiger partial charge is 0.357 e. The summed E-state index contributed by atoms with van der Waals surface area (Å²) in [4.78, 5) is 17.7. The van der Waals surface area contributed by atoms with Crippen molar-refractivity contribution in [2.75, 3.05) is 13.1 Å². The van der Waals surface area contributed by atoms with Crippen LogP contribution < -0.4 is 11.1 Å². The predicted octanol–water partition coefficient (Wildman–Crippen LogP) is 2.88. The van der Waals surface area contributed by atoms with E-state index in [0.717, 1.165) is 38.1 Å². The number of aromatic nitrogens is 2. The molecule has 0 saturated carbocycles. The van der Waals surface area contributed by atoms with Gasteiger partial charge in [0.25, 0.3) is 5.91 Å². The van der Waals surface area contributed by atoms with Gasteiger partial charge < -0.3 is 15.6 Å². The Labute approximate surface area is 145 Å². The van der Waals surface area contributed by atoms with Crippen molar-refractivity contribution >= 4 is 38.5 Å². The molecule has 2 aromatic carbocycles. The normalized spacial score (nSPS) is 11.5. The van der Waals surface area contributed by atoms with Crippen LogP contribution >= 0.6 is 0 Å². The Bertz CT molecular complexity index is 1130. The summed E-state index contributed by atoms with van der Waals surface area (Å²) in [5.74, 6) is -0.128. The van der Waals surface area contributed by atoms with Crippen molar-refractivity contribution in [2.45, 2.75) is 6.92 Å². The highest BCUT2D eigenvalue weighted by Gasteiger charge is 2.21. The number of nitrogens with zero attached hydrogens (tertiary/aromatic N) is 2. The molecule has 0 aliphatic rings. The van der Waals surface area contributed by atoms with Crippen LogP contribution in [0.5, 0.6) is 0 Å². The number of rotatable bonds is 3. The Hall–Kier alpha value is -2.92. The summed E-state index contributed by atoms with van der Waals surface area (Å²) in [5, 5.41) is 7.01. The van der Waals surface area contributed by atoms with Gasteiger partial charge in [0.15, 0.2) is 0 Å². The molecule has 0 fully saturated rings. The van der Waals surface area contributed by atoms with Gasteiger partial charge in [0.05, 0.1) is 16.6 Å². The Balaban J connectivity index is 2.18. The van der Waals surface area contributed by atoms with Gasteiger partial charge in [0.2, 0.25) is 0 Å². The second-order valence-electron chi connectivity index (χ2n) is 6.33. The van der Waals surface area contributed by atoms with E-state index in [1.807, 2.05) is 42.1 Å². The van der Waals surface area contributed by atoms with E-state index in [2.05, 4.69) is 24.5 Å². The van der Waals surface area contributed by atoms with Crippen LogP contribution in [0.3, 0.4) is 0 Å². The molecule has 2 heterocycles. The van der Waals surface area contributed by atoms with Crippen LogP contribution in [0.4, 0.5) is 0 Å². The fraction of sp³-hybridized carbons (Fsp3) is 0.200. The molecule has 0 spiro atoms. The van der Waals surface area contributed by atoms with Crippen molar-refractivity contribution < 1.29 is 4.79 Å². The number of pyridine rings is 1. The molecule has 0 aliphatic heterocycles. The lowest BCUT2D eigenvalue weighted by molar-refractivity contribution is 0.0958. The average Bonchev–Trinajstić information content (AvgIpc) is 3.00. The SMILES string of the molecule is Cc1c2cn(C)ccc2c(C(=O)NCCN)c2nc3ccccc3c12. The zero-order chi connectivity index (χ0) is 17.6. The number of nitrogens with one attached hydrogen (secondary N) is 1. The summed E-state index contributed by atoms with van der Waals surface area (Å²) in [6.07, 6.45) is 4.02. The van der Waals surface area contributed by atoms with E-state index in [1.54, 1.807) is 0 Å². The van der Waals surface area contributed by atoms with Crippen molar-refractivity contribution in [3.63, 3.8) is 0 Å².